The molecule has 0 N–H and O–H groups in total. The van der Waals surface area contributed by atoms with E-state index in [-0.39, 0.29) is 5.41 Å². The van der Waals surface area contributed by atoms with E-state index < -0.39 is 0 Å². The molecule has 0 fully saturated rings. The Morgan fingerprint density at radius 1 is 1.19 bits per heavy atom. The lowest BCUT2D eigenvalue weighted by Gasteiger charge is -2.16. The highest BCUT2D eigenvalue weighted by Crippen LogP contribution is 2.21. The number of rotatable bonds is 1. The van der Waals surface area contributed by atoms with Crippen molar-refractivity contribution in [3.8, 4) is 0 Å². The fourth-order valence-corrected chi connectivity index (χ4v) is 1.63. The predicted octanol–water partition coefficient (Wildman–Crippen LogP) is 2.55. The van der Waals surface area contributed by atoms with Crippen molar-refractivity contribution in [1.29, 1.82) is 0 Å². The number of hydrogen-bond donors (Lipinski definition) is 0. The summed E-state index contributed by atoms with van der Waals surface area (Å²) in [5.74, 6) is 1.39. The summed E-state index contributed by atoms with van der Waals surface area (Å²) in [5, 5.41) is 8.38. The van der Waals surface area contributed by atoms with E-state index >= 15 is 0 Å². The normalized spacial score (nSPS) is 12.6. The average molecular weight is 218 g/mol. The van der Waals surface area contributed by atoms with E-state index in [0.717, 1.165) is 17.2 Å². The molecule has 4 heteroatoms. The number of nitrogens with zero attached hydrogens (tertiary/aromatic N) is 4. The van der Waals surface area contributed by atoms with Crippen LogP contribution in [-0.2, 0) is 5.41 Å². The van der Waals surface area contributed by atoms with E-state index in [2.05, 4.69) is 49.8 Å². The Kier molecular flexibility index (Phi) is 2.45. The lowest BCUT2D eigenvalue weighted by molar-refractivity contribution is 0.537. The smallest absolute Gasteiger partial charge is 0.179 e. The molecule has 0 saturated carbocycles. The Morgan fingerprint density at radius 2 is 1.88 bits per heavy atom. The maximum Gasteiger partial charge on any atom is 0.179 e. The molecule has 2 heterocycles. The summed E-state index contributed by atoms with van der Waals surface area (Å²) < 4.78 is 2.04. The van der Waals surface area contributed by atoms with Crippen LogP contribution < -0.4 is 0 Å². The summed E-state index contributed by atoms with van der Waals surface area (Å²) in [6, 6.07) is 0. The first-order valence-corrected chi connectivity index (χ1v) is 5.61. The van der Waals surface area contributed by atoms with Crippen molar-refractivity contribution in [2.75, 3.05) is 0 Å². The first-order chi connectivity index (χ1) is 7.39. The highest BCUT2D eigenvalue weighted by Gasteiger charge is 2.21. The van der Waals surface area contributed by atoms with Crippen molar-refractivity contribution in [2.45, 2.75) is 46.0 Å². The number of hydrogen-bond acceptors (Lipinski definition) is 3. The fourth-order valence-electron chi connectivity index (χ4n) is 1.63. The van der Waals surface area contributed by atoms with Gasteiger partial charge in [-0.2, -0.15) is 0 Å². The van der Waals surface area contributed by atoms with Gasteiger partial charge in [0.2, 0.25) is 0 Å². The zero-order valence-corrected chi connectivity index (χ0v) is 10.5. The minimum atomic E-state index is -0.00494. The second kappa shape index (κ2) is 3.54. The van der Waals surface area contributed by atoms with Gasteiger partial charge in [0.15, 0.2) is 5.65 Å². The predicted molar refractivity (Wildman–Crippen MR) is 63.6 cm³/mol. The van der Waals surface area contributed by atoms with Crippen molar-refractivity contribution in [3.63, 3.8) is 0 Å². The molecule has 0 aliphatic heterocycles. The van der Waals surface area contributed by atoms with Gasteiger partial charge in [-0.05, 0) is 5.92 Å². The van der Waals surface area contributed by atoms with Crippen LogP contribution in [0, 0.1) is 0 Å². The third-order valence-corrected chi connectivity index (χ3v) is 2.57. The summed E-state index contributed by atoms with van der Waals surface area (Å²) in [5.41, 5.74) is 1.88. The quantitative estimate of drug-likeness (QED) is 0.738. The summed E-state index contributed by atoms with van der Waals surface area (Å²) in [7, 11) is 0. The molecule has 0 spiro atoms. The van der Waals surface area contributed by atoms with Gasteiger partial charge in [0.25, 0.3) is 0 Å². The fraction of sp³-hybridized carbons (Fsp3) is 0.583. The molecule has 0 bridgehead atoms. The molecule has 0 unspecified atom stereocenters. The monoisotopic (exact) mass is 218 g/mol. The van der Waals surface area contributed by atoms with Crippen LogP contribution in [0.1, 0.15) is 52.1 Å². The Hall–Kier alpha value is -1.45. The van der Waals surface area contributed by atoms with E-state index in [0.29, 0.717) is 5.92 Å². The lowest BCUT2D eigenvalue weighted by atomic mass is 9.96. The minimum absolute atomic E-state index is 0.00494. The summed E-state index contributed by atoms with van der Waals surface area (Å²) >= 11 is 0. The number of fused-ring (bicyclic) bond motifs is 1. The summed E-state index contributed by atoms with van der Waals surface area (Å²) in [4.78, 5) is 4.38. The standard InChI is InChI=1S/C12H18N4/c1-8(2)9-7-16-10(6-13-9)14-15-11(16)12(3,4)5/h6-8H,1-5H3. The molecule has 0 saturated heterocycles. The second-order valence-corrected chi connectivity index (χ2v) is 5.47. The maximum atomic E-state index is 4.38. The molecule has 0 radical (unpaired) electrons. The highest BCUT2D eigenvalue weighted by molar-refractivity contribution is 5.36. The first kappa shape index (κ1) is 11.0. The third-order valence-electron chi connectivity index (χ3n) is 2.57. The zero-order valence-electron chi connectivity index (χ0n) is 10.5. The molecular formula is C12H18N4. The maximum absolute atomic E-state index is 4.38. The molecule has 16 heavy (non-hydrogen) atoms. The molecule has 4 nitrogen and oxygen atoms in total. The van der Waals surface area contributed by atoms with Crippen LogP contribution in [-0.4, -0.2) is 19.6 Å². The third kappa shape index (κ3) is 1.79. The molecule has 0 aliphatic carbocycles. The summed E-state index contributed by atoms with van der Waals surface area (Å²) in [6.07, 6.45) is 3.83. The van der Waals surface area contributed by atoms with Crippen LogP contribution in [0.3, 0.4) is 0 Å². The van der Waals surface area contributed by atoms with Crippen LogP contribution in [0.5, 0.6) is 0 Å². The SMILES string of the molecule is CC(C)c1cn2c(C(C)(C)C)nnc2cn1. The topological polar surface area (TPSA) is 43.1 Å². The van der Waals surface area contributed by atoms with E-state index in [1.54, 1.807) is 6.20 Å². The van der Waals surface area contributed by atoms with Crippen molar-refractivity contribution in [1.82, 2.24) is 19.6 Å². The molecule has 0 atom stereocenters. The van der Waals surface area contributed by atoms with Crippen molar-refractivity contribution < 1.29 is 0 Å². The van der Waals surface area contributed by atoms with Crippen LogP contribution in [0.15, 0.2) is 12.4 Å². The molecule has 0 amide bonds. The Morgan fingerprint density at radius 3 is 2.44 bits per heavy atom. The van der Waals surface area contributed by atoms with Crippen molar-refractivity contribution in [3.05, 3.63) is 23.9 Å². The van der Waals surface area contributed by atoms with Crippen LogP contribution in [0.2, 0.25) is 0 Å². The zero-order chi connectivity index (χ0) is 11.9. The van der Waals surface area contributed by atoms with Crippen LogP contribution >= 0.6 is 0 Å². The van der Waals surface area contributed by atoms with E-state index in [1.807, 2.05) is 10.6 Å². The van der Waals surface area contributed by atoms with Gasteiger partial charge in [0, 0.05) is 11.6 Å². The van der Waals surface area contributed by atoms with E-state index in [9.17, 15) is 0 Å². The largest absolute Gasteiger partial charge is 0.283 e. The molecule has 2 aromatic rings. The van der Waals surface area contributed by atoms with Gasteiger partial charge < -0.3 is 0 Å². The Bertz CT molecular complexity index is 505. The van der Waals surface area contributed by atoms with Crippen LogP contribution in [0.25, 0.3) is 5.65 Å². The molecule has 2 aromatic heterocycles. The first-order valence-electron chi connectivity index (χ1n) is 5.61. The van der Waals surface area contributed by atoms with Crippen molar-refractivity contribution >= 4 is 5.65 Å². The van der Waals surface area contributed by atoms with Gasteiger partial charge in [-0.3, -0.25) is 9.38 Å². The van der Waals surface area contributed by atoms with Gasteiger partial charge in [-0.15, -0.1) is 10.2 Å². The highest BCUT2D eigenvalue weighted by atomic mass is 15.3. The van der Waals surface area contributed by atoms with Gasteiger partial charge >= 0.3 is 0 Å². The average Bonchev–Trinajstić information content (AvgIpc) is 2.58. The molecule has 86 valence electrons. The lowest BCUT2D eigenvalue weighted by Crippen LogP contribution is -2.16. The molecule has 0 aliphatic rings. The van der Waals surface area contributed by atoms with Crippen molar-refractivity contribution in [2.24, 2.45) is 0 Å². The van der Waals surface area contributed by atoms with Gasteiger partial charge in [-0.1, -0.05) is 34.6 Å². The van der Waals surface area contributed by atoms with Gasteiger partial charge in [-0.25, -0.2) is 0 Å². The summed E-state index contributed by atoms with van der Waals surface area (Å²) in [6.45, 7) is 10.7. The van der Waals surface area contributed by atoms with E-state index in [1.165, 1.54) is 0 Å². The minimum Gasteiger partial charge on any atom is -0.283 e. The van der Waals surface area contributed by atoms with E-state index in [4.69, 9.17) is 0 Å². The Balaban J connectivity index is 2.65. The molecule has 0 aromatic carbocycles. The van der Waals surface area contributed by atoms with Gasteiger partial charge in [0.1, 0.15) is 5.82 Å². The Labute approximate surface area is 95.7 Å². The van der Waals surface area contributed by atoms with Gasteiger partial charge in [0.05, 0.1) is 11.9 Å². The number of aromatic nitrogens is 4. The second-order valence-electron chi connectivity index (χ2n) is 5.47. The molecule has 2 rings (SSSR count). The van der Waals surface area contributed by atoms with Crippen LogP contribution in [0.4, 0.5) is 0 Å². The molecular weight excluding hydrogens is 200 g/mol.